The fourth-order valence-corrected chi connectivity index (χ4v) is 2.58. The van der Waals surface area contributed by atoms with Crippen molar-refractivity contribution in [2.24, 2.45) is 5.73 Å². The molecule has 1 rings (SSSR count). The number of ether oxygens (including phenoxy) is 1. The maximum absolute atomic E-state index is 12.6. The average molecular weight is 256 g/mol. The summed E-state index contributed by atoms with van der Waals surface area (Å²) >= 11 is 0. The molecule has 0 saturated heterocycles. The number of methoxy groups -OCH3 is 1. The highest BCUT2D eigenvalue weighted by Crippen LogP contribution is 2.27. The van der Waals surface area contributed by atoms with Gasteiger partial charge < -0.3 is 15.4 Å². The summed E-state index contributed by atoms with van der Waals surface area (Å²) in [5.74, 6) is 0.132. The molecule has 0 spiro atoms. The summed E-state index contributed by atoms with van der Waals surface area (Å²) in [4.78, 5) is 14.5. The first-order valence-corrected chi connectivity index (χ1v) is 7.21. The van der Waals surface area contributed by atoms with Gasteiger partial charge in [0.15, 0.2) is 0 Å². The summed E-state index contributed by atoms with van der Waals surface area (Å²) in [7, 11) is 1.67. The number of carbonyl (C=O) groups is 1. The minimum atomic E-state index is -0.611. The van der Waals surface area contributed by atoms with Crippen molar-refractivity contribution in [3.8, 4) is 0 Å². The number of nitrogens with two attached hydrogens (primary N) is 1. The van der Waals surface area contributed by atoms with Gasteiger partial charge in [-0.1, -0.05) is 32.6 Å². The maximum atomic E-state index is 12.6. The molecule has 1 aliphatic carbocycles. The standard InChI is InChI=1S/C14H28N2O2/c1-3-4-10-16(11-12-18-2)13(17)14(15)8-6-5-7-9-14/h3-12,15H2,1-2H3. The molecule has 0 heterocycles. The molecule has 1 saturated carbocycles. The van der Waals surface area contributed by atoms with Crippen LogP contribution in [0.1, 0.15) is 51.9 Å². The minimum absolute atomic E-state index is 0.132. The topological polar surface area (TPSA) is 55.6 Å². The Balaban J connectivity index is 2.60. The van der Waals surface area contributed by atoms with E-state index in [1.807, 2.05) is 4.90 Å². The Morgan fingerprint density at radius 3 is 2.50 bits per heavy atom. The van der Waals surface area contributed by atoms with Gasteiger partial charge in [-0.15, -0.1) is 0 Å². The fourth-order valence-electron chi connectivity index (χ4n) is 2.58. The molecule has 106 valence electrons. The lowest BCUT2D eigenvalue weighted by Gasteiger charge is -2.37. The number of hydrogen-bond donors (Lipinski definition) is 1. The summed E-state index contributed by atoms with van der Waals surface area (Å²) < 4.78 is 5.09. The van der Waals surface area contributed by atoms with Crippen LogP contribution in [-0.2, 0) is 9.53 Å². The highest BCUT2D eigenvalue weighted by Gasteiger charge is 2.37. The van der Waals surface area contributed by atoms with E-state index in [9.17, 15) is 4.79 Å². The molecule has 1 amide bonds. The van der Waals surface area contributed by atoms with E-state index in [1.165, 1.54) is 6.42 Å². The number of nitrogens with zero attached hydrogens (tertiary/aromatic N) is 1. The Morgan fingerprint density at radius 1 is 1.28 bits per heavy atom. The number of carbonyl (C=O) groups excluding carboxylic acids is 1. The van der Waals surface area contributed by atoms with Crippen molar-refractivity contribution in [3.05, 3.63) is 0 Å². The van der Waals surface area contributed by atoms with E-state index >= 15 is 0 Å². The number of unbranched alkanes of at least 4 members (excludes halogenated alkanes) is 1. The molecular formula is C14H28N2O2. The second-order valence-corrected chi connectivity index (χ2v) is 5.36. The summed E-state index contributed by atoms with van der Waals surface area (Å²) in [6.45, 7) is 4.19. The van der Waals surface area contributed by atoms with Crippen molar-refractivity contribution in [3.63, 3.8) is 0 Å². The molecule has 4 nitrogen and oxygen atoms in total. The Kier molecular flexibility index (Phi) is 6.65. The predicted octanol–water partition coefficient (Wildman–Crippen LogP) is 1.92. The third kappa shape index (κ3) is 4.25. The van der Waals surface area contributed by atoms with Crippen molar-refractivity contribution in [1.29, 1.82) is 0 Å². The largest absolute Gasteiger partial charge is 0.383 e. The van der Waals surface area contributed by atoms with Gasteiger partial charge in [0, 0.05) is 20.2 Å². The van der Waals surface area contributed by atoms with Crippen LogP contribution in [0.4, 0.5) is 0 Å². The van der Waals surface area contributed by atoms with E-state index in [2.05, 4.69) is 6.92 Å². The highest BCUT2D eigenvalue weighted by atomic mass is 16.5. The van der Waals surface area contributed by atoms with E-state index in [4.69, 9.17) is 10.5 Å². The highest BCUT2D eigenvalue weighted by molar-refractivity contribution is 5.86. The lowest BCUT2D eigenvalue weighted by Crippen LogP contribution is -2.57. The van der Waals surface area contributed by atoms with Crippen LogP contribution in [0.25, 0.3) is 0 Å². The number of hydrogen-bond acceptors (Lipinski definition) is 3. The Bertz CT molecular complexity index is 242. The predicted molar refractivity (Wildman–Crippen MR) is 73.4 cm³/mol. The summed E-state index contributed by atoms with van der Waals surface area (Å²) in [5, 5.41) is 0. The van der Waals surface area contributed by atoms with E-state index in [1.54, 1.807) is 7.11 Å². The van der Waals surface area contributed by atoms with Gasteiger partial charge in [-0.3, -0.25) is 4.79 Å². The molecule has 1 aliphatic rings. The van der Waals surface area contributed by atoms with Crippen LogP contribution in [0.5, 0.6) is 0 Å². The summed E-state index contributed by atoms with van der Waals surface area (Å²) in [6.07, 6.45) is 7.16. The first-order chi connectivity index (χ1) is 8.64. The minimum Gasteiger partial charge on any atom is -0.383 e. The quantitative estimate of drug-likeness (QED) is 0.757. The smallest absolute Gasteiger partial charge is 0.242 e. The molecule has 0 atom stereocenters. The number of rotatable bonds is 7. The first kappa shape index (κ1) is 15.4. The second kappa shape index (κ2) is 7.74. The molecule has 0 aromatic carbocycles. The molecule has 0 aliphatic heterocycles. The molecule has 0 unspecified atom stereocenters. The molecule has 0 aromatic rings. The van der Waals surface area contributed by atoms with Gasteiger partial charge in [-0.25, -0.2) is 0 Å². The van der Waals surface area contributed by atoms with Crippen LogP contribution in [-0.4, -0.2) is 43.2 Å². The zero-order chi connectivity index (χ0) is 13.4. The lowest BCUT2D eigenvalue weighted by molar-refractivity contribution is -0.139. The third-order valence-corrected chi connectivity index (χ3v) is 3.81. The van der Waals surface area contributed by atoms with Crippen LogP contribution >= 0.6 is 0 Å². The van der Waals surface area contributed by atoms with Gasteiger partial charge in [0.1, 0.15) is 0 Å². The fraction of sp³-hybridized carbons (Fsp3) is 0.929. The summed E-state index contributed by atoms with van der Waals surface area (Å²) in [6, 6.07) is 0. The van der Waals surface area contributed by atoms with Gasteiger partial charge in [0.05, 0.1) is 12.1 Å². The maximum Gasteiger partial charge on any atom is 0.242 e. The van der Waals surface area contributed by atoms with Crippen molar-refractivity contribution < 1.29 is 9.53 Å². The molecule has 0 aromatic heterocycles. The third-order valence-electron chi connectivity index (χ3n) is 3.81. The average Bonchev–Trinajstić information content (AvgIpc) is 2.39. The van der Waals surface area contributed by atoms with Gasteiger partial charge in [-0.05, 0) is 19.3 Å². The van der Waals surface area contributed by atoms with Crippen molar-refractivity contribution in [2.75, 3.05) is 26.8 Å². The molecular weight excluding hydrogens is 228 g/mol. The second-order valence-electron chi connectivity index (χ2n) is 5.36. The van der Waals surface area contributed by atoms with E-state index in [-0.39, 0.29) is 5.91 Å². The van der Waals surface area contributed by atoms with Crippen molar-refractivity contribution >= 4 is 5.91 Å². The van der Waals surface area contributed by atoms with Gasteiger partial charge in [0.25, 0.3) is 0 Å². The van der Waals surface area contributed by atoms with Crippen LogP contribution in [0.15, 0.2) is 0 Å². The van der Waals surface area contributed by atoms with Crippen LogP contribution < -0.4 is 5.73 Å². The van der Waals surface area contributed by atoms with E-state index in [0.29, 0.717) is 13.2 Å². The van der Waals surface area contributed by atoms with Crippen LogP contribution in [0, 0.1) is 0 Å². The van der Waals surface area contributed by atoms with Gasteiger partial charge in [-0.2, -0.15) is 0 Å². The molecule has 1 fully saturated rings. The Hall–Kier alpha value is -0.610. The SMILES string of the molecule is CCCCN(CCOC)C(=O)C1(N)CCCCC1. The van der Waals surface area contributed by atoms with Gasteiger partial charge >= 0.3 is 0 Å². The Morgan fingerprint density at radius 2 is 1.94 bits per heavy atom. The van der Waals surface area contributed by atoms with E-state index < -0.39 is 5.54 Å². The molecule has 0 radical (unpaired) electrons. The van der Waals surface area contributed by atoms with Crippen molar-refractivity contribution in [1.82, 2.24) is 4.90 Å². The van der Waals surface area contributed by atoms with Crippen LogP contribution in [0.3, 0.4) is 0 Å². The zero-order valence-electron chi connectivity index (χ0n) is 11.9. The number of amides is 1. The molecule has 4 heteroatoms. The van der Waals surface area contributed by atoms with Gasteiger partial charge in [0.2, 0.25) is 5.91 Å². The Labute approximate surface area is 111 Å². The van der Waals surface area contributed by atoms with E-state index in [0.717, 1.165) is 45.1 Å². The molecule has 2 N–H and O–H groups in total. The molecule has 0 bridgehead atoms. The lowest BCUT2D eigenvalue weighted by atomic mass is 9.81. The van der Waals surface area contributed by atoms with Crippen molar-refractivity contribution in [2.45, 2.75) is 57.4 Å². The van der Waals surface area contributed by atoms with Crippen LogP contribution in [0.2, 0.25) is 0 Å². The summed E-state index contributed by atoms with van der Waals surface area (Å²) in [5.41, 5.74) is 5.70. The molecule has 18 heavy (non-hydrogen) atoms. The normalized spacial score (nSPS) is 18.6. The monoisotopic (exact) mass is 256 g/mol. The first-order valence-electron chi connectivity index (χ1n) is 7.21. The zero-order valence-corrected chi connectivity index (χ0v) is 11.9.